The van der Waals surface area contributed by atoms with Gasteiger partial charge in [-0.1, -0.05) is 11.2 Å². The molecule has 6 nitrogen and oxygen atoms in total. The van der Waals surface area contributed by atoms with Gasteiger partial charge in [0.25, 0.3) is 5.91 Å². The van der Waals surface area contributed by atoms with Gasteiger partial charge in [-0.15, -0.1) is 0 Å². The molecule has 2 N–H and O–H groups in total. The summed E-state index contributed by atoms with van der Waals surface area (Å²) in [5.74, 6) is -0.452. The van der Waals surface area contributed by atoms with E-state index in [1.807, 2.05) is 0 Å². The molecule has 1 aromatic carbocycles. The summed E-state index contributed by atoms with van der Waals surface area (Å²) in [6.45, 7) is -0.216. The zero-order valence-corrected chi connectivity index (χ0v) is 12.6. The molecule has 0 radical (unpaired) electrons. The van der Waals surface area contributed by atoms with Crippen LogP contribution in [0.3, 0.4) is 0 Å². The zero-order valence-electron chi connectivity index (χ0n) is 12.6. The molecule has 0 bridgehead atoms. The Bertz CT molecular complexity index is 849. The normalized spacial score (nSPS) is 10.6. The predicted molar refractivity (Wildman–Crippen MR) is 83.2 cm³/mol. The smallest absolute Gasteiger partial charge is 0.273 e. The Morgan fingerprint density at radius 3 is 2.92 bits per heavy atom. The minimum absolute atomic E-state index is 0.137. The number of hydrogen-bond donors (Lipinski definition) is 2. The van der Waals surface area contributed by atoms with Crippen molar-refractivity contribution in [3.8, 4) is 11.3 Å². The zero-order chi connectivity index (χ0) is 16.9. The highest BCUT2D eigenvalue weighted by atomic mass is 19.1. The molecule has 0 unspecified atom stereocenters. The van der Waals surface area contributed by atoms with Crippen LogP contribution in [0.2, 0.25) is 0 Å². The molecule has 0 aliphatic rings. The van der Waals surface area contributed by atoms with Gasteiger partial charge in [0.2, 0.25) is 0 Å². The number of benzene rings is 1. The molecule has 0 saturated heterocycles. The van der Waals surface area contributed by atoms with Crippen LogP contribution in [0, 0.1) is 5.82 Å². The summed E-state index contributed by atoms with van der Waals surface area (Å²) in [7, 11) is 0. The van der Waals surface area contributed by atoms with Gasteiger partial charge in [-0.25, -0.2) is 4.39 Å². The third-order valence-corrected chi connectivity index (χ3v) is 3.42. The molecule has 2 heterocycles. The standard InChI is InChI=1S/C17H14FN3O3/c18-14-4-3-11(6-13(14)10-22)8-20-17(23)15-7-16(24-21-15)12-2-1-5-19-9-12/h1-7,9,22H,8,10H2,(H,20,23). The van der Waals surface area contributed by atoms with E-state index >= 15 is 0 Å². The van der Waals surface area contributed by atoms with Crippen LogP contribution in [0.1, 0.15) is 21.6 Å². The number of carbonyl (C=O) groups is 1. The molecule has 1 amide bonds. The molecular weight excluding hydrogens is 313 g/mol. The maximum atomic E-state index is 13.3. The van der Waals surface area contributed by atoms with Crippen LogP contribution in [0.25, 0.3) is 11.3 Å². The van der Waals surface area contributed by atoms with Crippen LogP contribution in [0.4, 0.5) is 4.39 Å². The summed E-state index contributed by atoms with van der Waals surface area (Å²) in [6, 6.07) is 9.37. The lowest BCUT2D eigenvalue weighted by Gasteiger charge is -2.05. The van der Waals surface area contributed by atoms with E-state index in [1.54, 1.807) is 30.6 Å². The lowest BCUT2D eigenvalue weighted by atomic mass is 10.1. The fourth-order valence-electron chi connectivity index (χ4n) is 2.16. The van der Waals surface area contributed by atoms with Gasteiger partial charge in [0.1, 0.15) is 5.82 Å². The maximum absolute atomic E-state index is 13.3. The number of pyridine rings is 1. The maximum Gasteiger partial charge on any atom is 0.273 e. The molecule has 0 fully saturated rings. The monoisotopic (exact) mass is 327 g/mol. The summed E-state index contributed by atoms with van der Waals surface area (Å²) in [4.78, 5) is 16.1. The Balaban J connectivity index is 1.67. The first-order valence-corrected chi connectivity index (χ1v) is 7.21. The topological polar surface area (TPSA) is 88.2 Å². The van der Waals surface area contributed by atoms with Crippen molar-refractivity contribution in [2.24, 2.45) is 0 Å². The van der Waals surface area contributed by atoms with E-state index in [4.69, 9.17) is 9.63 Å². The fraction of sp³-hybridized carbons (Fsp3) is 0.118. The average Bonchev–Trinajstić information content (AvgIpc) is 3.12. The van der Waals surface area contributed by atoms with Crippen LogP contribution in [0.15, 0.2) is 53.3 Å². The number of aliphatic hydroxyl groups is 1. The van der Waals surface area contributed by atoms with Gasteiger partial charge >= 0.3 is 0 Å². The first-order valence-electron chi connectivity index (χ1n) is 7.21. The third kappa shape index (κ3) is 3.47. The number of carbonyl (C=O) groups excluding carboxylic acids is 1. The fourth-order valence-corrected chi connectivity index (χ4v) is 2.16. The number of nitrogens with zero attached hydrogens (tertiary/aromatic N) is 2. The highest BCUT2D eigenvalue weighted by Gasteiger charge is 2.13. The Labute approximate surface area is 136 Å². The summed E-state index contributed by atoms with van der Waals surface area (Å²) in [5.41, 5.74) is 1.71. The summed E-state index contributed by atoms with van der Waals surface area (Å²) < 4.78 is 18.5. The molecule has 3 rings (SSSR count). The molecule has 0 spiro atoms. The number of nitrogens with one attached hydrogen (secondary N) is 1. The van der Waals surface area contributed by atoms with E-state index in [0.29, 0.717) is 11.3 Å². The van der Waals surface area contributed by atoms with Crippen molar-refractivity contribution in [1.29, 1.82) is 0 Å². The Morgan fingerprint density at radius 2 is 2.17 bits per heavy atom. The van der Waals surface area contributed by atoms with Gasteiger partial charge in [-0.05, 0) is 29.8 Å². The lowest BCUT2D eigenvalue weighted by molar-refractivity contribution is 0.0942. The van der Waals surface area contributed by atoms with E-state index in [1.165, 1.54) is 18.2 Å². The Morgan fingerprint density at radius 1 is 1.29 bits per heavy atom. The molecule has 0 saturated carbocycles. The quantitative estimate of drug-likeness (QED) is 0.751. The summed E-state index contributed by atoms with van der Waals surface area (Å²) in [6.07, 6.45) is 3.24. The van der Waals surface area contributed by atoms with Crippen LogP contribution < -0.4 is 5.32 Å². The van der Waals surface area contributed by atoms with E-state index in [-0.39, 0.29) is 17.8 Å². The molecule has 0 aliphatic carbocycles. The van der Waals surface area contributed by atoms with Crippen LogP contribution in [-0.2, 0) is 13.2 Å². The van der Waals surface area contributed by atoms with Crippen molar-refractivity contribution < 1.29 is 18.8 Å². The highest BCUT2D eigenvalue weighted by Crippen LogP contribution is 2.19. The molecule has 122 valence electrons. The van der Waals surface area contributed by atoms with Crippen molar-refractivity contribution >= 4 is 5.91 Å². The van der Waals surface area contributed by atoms with Crippen molar-refractivity contribution in [1.82, 2.24) is 15.5 Å². The summed E-state index contributed by atoms with van der Waals surface area (Å²) >= 11 is 0. The number of aliphatic hydroxyl groups excluding tert-OH is 1. The van der Waals surface area contributed by atoms with Crippen molar-refractivity contribution in [2.45, 2.75) is 13.2 Å². The van der Waals surface area contributed by atoms with Gasteiger partial charge in [0, 0.05) is 36.1 Å². The van der Waals surface area contributed by atoms with E-state index in [0.717, 1.165) is 5.56 Å². The number of rotatable bonds is 5. The van der Waals surface area contributed by atoms with Crippen molar-refractivity contribution in [3.63, 3.8) is 0 Å². The largest absolute Gasteiger partial charge is 0.392 e. The first kappa shape index (κ1) is 15.8. The number of hydrogen-bond acceptors (Lipinski definition) is 5. The number of amides is 1. The second-order valence-electron chi connectivity index (χ2n) is 5.08. The van der Waals surface area contributed by atoms with E-state index in [9.17, 15) is 9.18 Å². The molecule has 3 aromatic rings. The molecule has 0 aliphatic heterocycles. The van der Waals surface area contributed by atoms with Crippen LogP contribution in [0.5, 0.6) is 0 Å². The Kier molecular flexibility index (Phi) is 4.62. The molecule has 0 atom stereocenters. The second-order valence-corrected chi connectivity index (χ2v) is 5.08. The molecule has 24 heavy (non-hydrogen) atoms. The number of aromatic nitrogens is 2. The number of halogens is 1. The third-order valence-electron chi connectivity index (χ3n) is 3.42. The Hall–Kier alpha value is -3.06. The van der Waals surface area contributed by atoms with E-state index in [2.05, 4.69) is 15.5 Å². The van der Waals surface area contributed by atoms with Gasteiger partial charge in [0.05, 0.1) is 6.61 Å². The SMILES string of the molecule is O=C(NCc1ccc(F)c(CO)c1)c1cc(-c2cccnc2)on1. The minimum Gasteiger partial charge on any atom is -0.392 e. The summed E-state index contributed by atoms with van der Waals surface area (Å²) in [5, 5.41) is 15.5. The average molecular weight is 327 g/mol. The van der Waals surface area contributed by atoms with Crippen LogP contribution >= 0.6 is 0 Å². The van der Waals surface area contributed by atoms with Gasteiger partial charge in [0.15, 0.2) is 11.5 Å². The first-order chi connectivity index (χ1) is 11.7. The van der Waals surface area contributed by atoms with Crippen molar-refractivity contribution in [3.05, 3.63) is 71.4 Å². The minimum atomic E-state index is -0.481. The lowest BCUT2D eigenvalue weighted by Crippen LogP contribution is -2.23. The second kappa shape index (κ2) is 7.01. The van der Waals surface area contributed by atoms with Gasteiger partial charge in [-0.3, -0.25) is 9.78 Å². The molecule has 2 aromatic heterocycles. The van der Waals surface area contributed by atoms with E-state index < -0.39 is 18.3 Å². The molecular formula is C17H14FN3O3. The highest BCUT2D eigenvalue weighted by molar-refractivity contribution is 5.93. The van der Waals surface area contributed by atoms with Gasteiger partial charge in [-0.2, -0.15) is 0 Å². The molecule has 7 heteroatoms. The van der Waals surface area contributed by atoms with Gasteiger partial charge < -0.3 is 14.9 Å². The van der Waals surface area contributed by atoms with Crippen LogP contribution in [-0.4, -0.2) is 21.2 Å². The van der Waals surface area contributed by atoms with Crippen molar-refractivity contribution in [2.75, 3.05) is 0 Å². The predicted octanol–water partition coefficient (Wildman–Crippen LogP) is 2.30.